The van der Waals surface area contributed by atoms with Gasteiger partial charge in [-0.3, -0.25) is 20.4 Å². The Labute approximate surface area is 146 Å². The second-order valence-corrected chi connectivity index (χ2v) is 5.89. The van der Waals surface area contributed by atoms with Crippen LogP contribution >= 0.6 is 0 Å². The molecule has 1 aliphatic rings. The summed E-state index contributed by atoms with van der Waals surface area (Å²) in [7, 11) is 0. The van der Waals surface area contributed by atoms with Crippen LogP contribution in [0, 0.1) is 6.92 Å². The van der Waals surface area contributed by atoms with Gasteiger partial charge in [-0.2, -0.15) is 0 Å². The lowest BCUT2D eigenvalue weighted by atomic mass is 10.1. The van der Waals surface area contributed by atoms with Crippen molar-refractivity contribution >= 4 is 11.8 Å². The molecule has 6 nitrogen and oxygen atoms in total. The Morgan fingerprint density at radius 2 is 1.76 bits per heavy atom. The average Bonchev–Trinajstić information content (AvgIpc) is 2.65. The highest BCUT2D eigenvalue weighted by molar-refractivity contribution is 5.85. The minimum Gasteiger partial charge on any atom is -0.485 e. The van der Waals surface area contributed by atoms with Crippen LogP contribution in [0.5, 0.6) is 11.5 Å². The van der Waals surface area contributed by atoms with Crippen LogP contribution in [-0.4, -0.2) is 24.5 Å². The highest BCUT2D eigenvalue weighted by Gasteiger charge is 2.27. The molecule has 1 heterocycles. The number of carbonyl (C=O) groups is 2. The number of hydrogen-bond acceptors (Lipinski definition) is 4. The third kappa shape index (κ3) is 4.50. The van der Waals surface area contributed by atoms with Crippen LogP contribution in [0.4, 0.5) is 0 Å². The second-order valence-electron chi connectivity index (χ2n) is 5.89. The molecule has 2 aromatic carbocycles. The Bertz CT molecular complexity index is 758. The van der Waals surface area contributed by atoms with Crippen molar-refractivity contribution in [1.82, 2.24) is 10.9 Å². The van der Waals surface area contributed by atoms with Crippen molar-refractivity contribution in [3.63, 3.8) is 0 Å². The summed E-state index contributed by atoms with van der Waals surface area (Å²) in [5.74, 6) is 0.414. The molecule has 3 rings (SSSR count). The molecule has 0 bridgehead atoms. The summed E-state index contributed by atoms with van der Waals surface area (Å²) in [6, 6.07) is 15.1. The van der Waals surface area contributed by atoms with E-state index in [4.69, 9.17) is 9.47 Å². The molecule has 0 radical (unpaired) electrons. The molecule has 0 aliphatic carbocycles. The number of amides is 2. The zero-order valence-electron chi connectivity index (χ0n) is 14.0. The lowest BCUT2D eigenvalue weighted by molar-refractivity contribution is -0.135. The Morgan fingerprint density at radius 1 is 1.04 bits per heavy atom. The van der Waals surface area contributed by atoms with Gasteiger partial charge in [0.1, 0.15) is 6.61 Å². The number of nitrogens with one attached hydrogen (secondary N) is 2. The van der Waals surface area contributed by atoms with Crippen LogP contribution in [0.25, 0.3) is 0 Å². The zero-order chi connectivity index (χ0) is 17.6. The van der Waals surface area contributed by atoms with Gasteiger partial charge in [-0.05, 0) is 31.0 Å². The van der Waals surface area contributed by atoms with Crippen molar-refractivity contribution in [2.24, 2.45) is 0 Å². The first-order chi connectivity index (χ1) is 12.1. The predicted octanol–water partition coefficient (Wildman–Crippen LogP) is 1.92. The fourth-order valence-electron chi connectivity index (χ4n) is 2.44. The molecular formula is C19H20N2O4. The minimum atomic E-state index is -0.799. The molecule has 2 aromatic rings. The van der Waals surface area contributed by atoms with E-state index in [1.54, 1.807) is 18.2 Å². The van der Waals surface area contributed by atoms with Gasteiger partial charge in [0.05, 0.1) is 0 Å². The molecule has 1 atom stereocenters. The van der Waals surface area contributed by atoms with Crippen molar-refractivity contribution in [3.8, 4) is 11.5 Å². The Kier molecular flexibility index (Phi) is 5.18. The molecule has 1 unspecified atom stereocenters. The third-order valence-electron chi connectivity index (χ3n) is 3.89. The van der Waals surface area contributed by atoms with E-state index in [2.05, 4.69) is 10.9 Å². The van der Waals surface area contributed by atoms with E-state index < -0.39 is 12.0 Å². The van der Waals surface area contributed by atoms with E-state index in [0.717, 1.165) is 5.56 Å². The minimum absolute atomic E-state index is 0.0993. The molecular weight excluding hydrogens is 320 g/mol. The van der Waals surface area contributed by atoms with Crippen LogP contribution in [0.1, 0.15) is 17.5 Å². The van der Waals surface area contributed by atoms with Crippen molar-refractivity contribution in [1.29, 1.82) is 0 Å². The number of carbonyl (C=O) groups excluding carboxylic acids is 2. The Hall–Kier alpha value is -3.02. The number of rotatable bonds is 4. The topological polar surface area (TPSA) is 76.7 Å². The van der Waals surface area contributed by atoms with E-state index in [1.165, 1.54) is 5.56 Å². The number of aryl methyl sites for hydroxylation is 2. The monoisotopic (exact) mass is 340 g/mol. The number of fused-ring (bicyclic) bond motifs is 1. The van der Waals surface area contributed by atoms with Gasteiger partial charge in [-0.15, -0.1) is 0 Å². The first-order valence-electron chi connectivity index (χ1n) is 8.14. The molecule has 2 amide bonds. The Balaban J connectivity index is 1.43. The first-order valence-corrected chi connectivity index (χ1v) is 8.14. The molecule has 1 aliphatic heterocycles. The zero-order valence-corrected chi connectivity index (χ0v) is 14.0. The van der Waals surface area contributed by atoms with Crippen LogP contribution < -0.4 is 20.3 Å². The predicted molar refractivity (Wildman–Crippen MR) is 92.1 cm³/mol. The summed E-state index contributed by atoms with van der Waals surface area (Å²) in [6.07, 6.45) is 0.0966. The molecule has 130 valence electrons. The molecule has 25 heavy (non-hydrogen) atoms. The summed E-state index contributed by atoms with van der Waals surface area (Å²) in [5, 5.41) is 0. The van der Waals surface area contributed by atoms with Crippen LogP contribution in [0.2, 0.25) is 0 Å². The SMILES string of the molecule is Cc1ccc(CCC(=O)NNC(=O)C2COc3ccccc3O2)cc1. The fourth-order valence-corrected chi connectivity index (χ4v) is 2.44. The van der Waals surface area contributed by atoms with Gasteiger partial charge in [0.15, 0.2) is 11.5 Å². The molecule has 2 N–H and O–H groups in total. The summed E-state index contributed by atoms with van der Waals surface area (Å²) in [4.78, 5) is 24.0. The summed E-state index contributed by atoms with van der Waals surface area (Å²) in [6.45, 7) is 2.11. The quantitative estimate of drug-likeness (QED) is 0.834. The van der Waals surface area contributed by atoms with Crippen molar-refractivity contribution in [2.75, 3.05) is 6.61 Å². The lowest BCUT2D eigenvalue weighted by Gasteiger charge is -2.25. The normalized spacial score (nSPS) is 15.3. The summed E-state index contributed by atoms with van der Waals surface area (Å²) >= 11 is 0. The second kappa shape index (κ2) is 7.70. The average molecular weight is 340 g/mol. The molecule has 0 fully saturated rings. The van der Waals surface area contributed by atoms with E-state index in [0.29, 0.717) is 17.9 Å². The number of hydrazine groups is 1. The highest BCUT2D eigenvalue weighted by atomic mass is 16.6. The standard InChI is InChI=1S/C19H20N2O4/c1-13-6-8-14(9-7-13)10-11-18(22)20-21-19(23)17-12-24-15-4-2-3-5-16(15)25-17/h2-9,17H,10-12H2,1H3,(H,20,22)(H,21,23). The van der Waals surface area contributed by atoms with Crippen LogP contribution in [0.15, 0.2) is 48.5 Å². The molecule has 0 spiro atoms. The highest BCUT2D eigenvalue weighted by Crippen LogP contribution is 2.30. The molecule has 0 saturated heterocycles. The number of para-hydroxylation sites is 2. The maximum absolute atomic E-state index is 12.1. The molecule has 0 saturated carbocycles. The van der Waals surface area contributed by atoms with Crippen molar-refractivity contribution in [2.45, 2.75) is 25.9 Å². The Morgan fingerprint density at radius 3 is 2.52 bits per heavy atom. The van der Waals surface area contributed by atoms with Gasteiger partial charge in [-0.25, -0.2) is 0 Å². The van der Waals surface area contributed by atoms with E-state index in [-0.39, 0.29) is 18.9 Å². The van der Waals surface area contributed by atoms with E-state index >= 15 is 0 Å². The number of benzene rings is 2. The molecule has 0 aromatic heterocycles. The van der Waals surface area contributed by atoms with Gasteiger partial charge >= 0.3 is 0 Å². The smallest absolute Gasteiger partial charge is 0.283 e. The van der Waals surface area contributed by atoms with Crippen molar-refractivity contribution in [3.05, 3.63) is 59.7 Å². The maximum Gasteiger partial charge on any atom is 0.283 e. The van der Waals surface area contributed by atoms with Gasteiger partial charge in [-0.1, -0.05) is 42.0 Å². The van der Waals surface area contributed by atoms with Crippen LogP contribution in [0.3, 0.4) is 0 Å². The van der Waals surface area contributed by atoms with Crippen LogP contribution in [-0.2, 0) is 16.0 Å². The van der Waals surface area contributed by atoms with Gasteiger partial charge < -0.3 is 9.47 Å². The van der Waals surface area contributed by atoms with Crippen molar-refractivity contribution < 1.29 is 19.1 Å². The molecule has 6 heteroatoms. The largest absolute Gasteiger partial charge is 0.485 e. The summed E-state index contributed by atoms with van der Waals surface area (Å²) in [5.41, 5.74) is 7.05. The van der Waals surface area contributed by atoms with Gasteiger partial charge in [0.25, 0.3) is 5.91 Å². The van der Waals surface area contributed by atoms with Gasteiger partial charge in [0.2, 0.25) is 12.0 Å². The number of hydrogen-bond donors (Lipinski definition) is 2. The maximum atomic E-state index is 12.1. The van der Waals surface area contributed by atoms with E-state index in [9.17, 15) is 9.59 Å². The van der Waals surface area contributed by atoms with E-state index in [1.807, 2.05) is 37.3 Å². The lowest BCUT2D eigenvalue weighted by Crippen LogP contribution is -2.50. The third-order valence-corrected chi connectivity index (χ3v) is 3.89. The first kappa shape index (κ1) is 16.8. The number of ether oxygens (including phenoxy) is 2. The summed E-state index contributed by atoms with van der Waals surface area (Å²) < 4.78 is 11.1. The van der Waals surface area contributed by atoms with Gasteiger partial charge in [0, 0.05) is 6.42 Å². The fraction of sp³-hybridized carbons (Fsp3) is 0.263.